The zero-order valence-electron chi connectivity index (χ0n) is 11.5. The molecule has 0 aliphatic carbocycles. The van der Waals surface area contributed by atoms with Crippen LogP contribution in [0.2, 0.25) is 0 Å². The molecule has 0 N–H and O–H groups in total. The molecule has 102 valence electrons. The van der Waals surface area contributed by atoms with Gasteiger partial charge in [0.15, 0.2) is 0 Å². The number of thiazole rings is 1. The van der Waals surface area contributed by atoms with Gasteiger partial charge in [-0.2, -0.15) is 0 Å². The maximum absolute atomic E-state index is 12.1. The Morgan fingerprint density at radius 1 is 1.25 bits per heavy atom. The molecular formula is C15H15N3OS. The van der Waals surface area contributed by atoms with Crippen molar-refractivity contribution >= 4 is 28.2 Å². The van der Waals surface area contributed by atoms with Crippen LogP contribution >= 0.6 is 11.3 Å². The van der Waals surface area contributed by atoms with Crippen LogP contribution in [0.5, 0.6) is 0 Å². The fourth-order valence-corrected chi connectivity index (χ4v) is 3.05. The van der Waals surface area contributed by atoms with Crippen LogP contribution in [0.4, 0.5) is 0 Å². The molecule has 0 fully saturated rings. The second kappa shape index (κ2) is 5.17. The van der Waals surface area contributed by atoms with Crippen molar-refractivity contribution in [1.82, 2.24) is 14.5 Å². The molecule has 0 unspecified atom stereocenters. The summed E-state index contributed by atoms with van der Waals surface area (Å²) in [5.74, 6) is 0.960. The van der Waals surface area contributed by atoms with Crippen LogP contribution in [0.1, 0.15) is 16.5 Å². The first-order chi connectivity index (χ1) is 9.63. The van der Waals surface area contributed by atoms with Crippen LogP contribution in [0.3, 0.4) is 0 Å². The molecule has 2 aromatic heterocycles. The number of benzene rings is 1. The maximum Gasteiger partial charge on any atom is 0.147 e. The molecule has 0 aliphatic rings. The molecule has 0 amide bonds. The smallest absolute Gasteiger partial charge is 0.147 e. The highest BCUT2D eigenvalue weighted by Gasteiger charge is 2.13. The van der Waals surface area contributed by atoms with Gasteiger partial charge in [0.05, 0.1) is 23.9 Å². The predicted molar refractivity (Wildman–Crippen MR) is 80.0 cm³/mol. The summed E-state index contributed by atoms with van der Waals surface area (Å²) in [5, 5.41) is 2.85. The number of carbonyl (C=O) groups excluding carboxylic acids is 1. The number of para-hydroxylation sites is 2. The molecule has 1 aromatic carbocycles. The Balaban J connectivity index is 1.79. The Labute approximate surface area is 121 Å². The molecule has 0 saturated heterocycles. The number of nitrogens with zero attached hydrogens (tertiary/aromatic N) is 3. The summed E-state index contributed by atoms with van der Waals surface area (Å²) in [6, 6.07) is 7.92. The van der Waals surface area contributed by atoms with E-state index in [2.05, 4.69) is 9.97 Å². The average molecular weight is 285 g/mol. The second-order valence-electron chi connectivity index (χ2n) is 4.85. The van der Waals surface area contributed by atoms with Gasteiger partial charge in [0.25, 0.3) is 0 Å². The molecule has 3 rings (SSSR count). The number of ketones is 1. The van der Waals surface area contributed by atoms with E-state index in [1.54, 1.807) is 0 Å². The number of imidazole rings is 1. The number of hydrogen-bond donors (Lipinski definition) is 0. The summed E-state index contributed by atoms with van der Waals surface area (Å²) >= 11 is 1.54. The summed E-state index contributed by atoms with van der Waals surface area (Å²) in [6.07, 6.45) is 0.742. The summed E-state index contributed by atoms with van der Waals surface area (Å²) in [7, 11) is 1.95. The third-order valence-electron chi connectivity index (χ3n) is 3.25. The van der Waals surface area contributed by atoms with Gasteiger partial charge >= 0.3 is 0 Å². The molecule has 0 aliphatic heterocycles. The fourth-order valence-electron chi connectivity index (χ4n) is 2.24. The largest absolute Gasteiger partial charge is 0.331 e. The van der Waals surface area contributed by atoms with Gasteiger partial charge in [-0.3, -0.25) is 4.79 Å². The van der Waals surface area contributed by atoms with Crippen molar-refractivity contribution in [2.75, 3.05) is 0 Å². The van der Waals surface area contributed by atoms with Crippen LogP contribution in [0, 0.1) is 6.92 Å². The van der Waals surface area contributed by atoms with Crippen molar-refractivity contribution in [3.63, 3.8) is 0 Å². The Hall–Kier alpha value is -2.01. The number of Topliss-reactive ketones (excluding diaryl/α,β-unsaturated/α-hetero) is 1. The Morgan fingerprint density at radius 2 is 2.05 bits per heavy atom. The average Bonchev–Trinajstić information content (AvgIpc) is 2.95. The number of hydrogen-bond acceptors (Lipinski definition) is 4. The number of aryl methyl sites for hydroxylation is 2. The molecule has 0 atom stereocenters. The number of fused-ring (bicyclic) bond motifs is 1. The first kappa shape index (κ1) is 13.0. The zero-order valence-corrected chi connectivity index (χ0v) is 12.3. The van der Waals surface area contributed by atoms with Gasteiger partial charge in [0.1, 0.15) is 16.6 Å². The van der Waals surface area contributed by atoms with Crippen molar-refractivity contribution in [2.24, 2.45) is 7.05 Å². The van der Waals surface area contributed by atoms with Crippen molar-refractivity contribution in [3.8, 4) is 0 Å². The molecular weight excluding hydrogens is 270 g/mol. The molecule has 4 nitrogen and oxygen atoms in total. The van der Waals surface area contributed by atoms with E-state index in [0.29, 0.717) is 12.8 Å². The summed E-state index contributed by atoms with van der Waals surface area (Å²) in [4.78, 5) is 21.0. The van der Waals surface area contributed by atoms with Gasteiger partial charge in [-0.1, -0.05) is 12.1 Å². The molecule has 20 heavy (non-hydrogen) atoms. The van der Waals surface area contributed by atoms with E-state index < -0.39 is 0 Å². The maximum atomic E-state index is 12.1. The molecule has 0 spiro atoms. The molecule has 0 radical (unpaired) electrons. The third kappa shape index (κ3) is 2.49. The third-order valence-corrected chi connectivity index (χ3v) is 4.22. The van der Waals surface area contributed by atoms with Crippen molar-refractivity contribution in [3.05, 3.63) is 46.2 Å². The highest BCUT2D eigenvalue weighted by molar-refractivity contribution is 7.09. The van der Waals surface area contributed by atoms with Crippen LogP contribution in [-0.4, -0.2) is 20.3 Å². The van der Waals surface area contributed by atoms with E-state index in [1.165, 1.54) is 11.3 Å². The van der Waals surface area contributed by atoms with Crippen molar-refractivity contribution in [1.29, 1.82) is 0 Å². The van der Waals surface area contributed by atoms with E-state index in [4.69, 9.17) is 0 Å². The summed E-state index contributed by atoms with van der Waals surface area (Å²) in [6.45, 7) is 1.94. The van der Waals surface area contributed by atoms with Crippen LogP contribution in [0.25, 0.3) is 11.0 Å². The standard InChI is InChI=1S/C15H15N3OS/c1-10-9-20-15(16-10)8-11(19)7-14-17-12-5-3-4-6-13(12)18(14)2/h3-6,9H,7-8H2,1-2H3. The lowest BCUT2D eigenvalue weighted by atomic mass is 10.2. The van der Waals surface area contributed by atoms with Crippen LogP contribution < -0.4 is 0 Å². The van der Waals surface area contributed by atoms with Gasteiger partial charge in [-0.05, 0) is 19.1 Å². The Bertz CT molecular complexity index is 772. The van der Waals surface area contributed by atoms with Gasteiger partial charge in [0, 0.05) is 18.1 Å². The fraction of sp³-hybridized carbons (Fsp3) is 0.267. The normalized spacial score (nSPS) is 11.1. The number of rotatable bonds is 4. The van der Waals surface area contributed by atoms with E-state index in [0.717, 1.165) is 27.6 Å². The van der Waals surface area contributed by atoms with Gasteiger partial charge in [-0.25, -0.2) is 9.97 Å². The highest BCUT2D eigenvalue weighted by atomic mass is 32.1. The second-order valence-corrected chi connectivity index (χ2v) is 5.79. The first-order valence-electron chi connectivity index (χ1n) is 6.46. The number of aromatic nitrogens is 3. The van der Waals surface area contributed by atoms with E-state index in [-0.39, 0.29) is 5.78 Å². The van der Waals surface area contributed by atoms with E-state index in [1.807, 2.05) is 48.2 Å². The van der Waals surface area contributed by atoms with Crippen LogP contribution in [-0.2, 0) is 24.7 Å². The highest BCUT2D eigenvalue weighted by Crippen LogP contribution is 2.16. The molecule has 5 heteroatoms. The zero-order chi connectivity index (χ0) is 14.1. The lowest BCUT2D eigenvalue weighted by molar-refractivity contribution is -0.117. The van der Waals surface area contributed by atoms with Gasteiger partial charge < -0.3 is 4.57 Å². The minimum absolute atomic E-state index is 0.151. The number of carbonyl (C=O) groups is 1. The monoisotopic (exact) mass is 285 g/mol. The molecule has 0 saturated carbocycles. The molecule has 3 aromatic rings. The Morgan fingerprint density at radius 3 is 2.75 bits per heavy atom. The van der Waals surface area contributed by atoms with Crippen molar-refractivity contribution in [2.45, 2.75) is 19.8 Å². The lowest BCUT2D eigenvalue weighted by Gasteiger charge is -2.01. The minimum Gasteiger partial charge on any atom is -0.331 e. The minimum atomic E-state index is 0.151. The predicted octanol–water partition coefficient (Wildman–Crippen LogP) is 2.69. The summed E-state index contributed by atoms with van der Waals surface area (Å²) in [5.41, 5.74) is 2.96. The SMILES string of the molecule is Cc1csc(CC(=O)Cc2nc3ccccc3n2C)n1. The molecule has 2 heterocycles. The van der Waals surface area contributed by atoms with E-state index in [9.17, 15) is 4.79 Å². The lowest BCUT2D eigenvalue weighted by Crippen LogP contribution is -2.10. The quantitative estimate of drug-likeness (QED) is 0.740. The van der Waals surface area contributed by atoms with Crippen LogP contribution in [0.15, 0.2) is 29.6 Å². The molecule has 0 bridgehead atoms. The first-order valence-corrected chi connectivity index (χ1v) is 7.34. The van der Waals surface area contributed by atoms with Gasteiger partial charge in [0.2, 0.25) is 0 Å². The van der Waals surface area contributed by atoms with Gasteiger partial charge in [-0.15, -0.1) is 11.3 Å². The van der Waals surface area contributed by atoms with Crippen molar-refractivity contribution < 1.29 is 4.79 Å². The van der Waals surface area contributed by atoms with E-state index >= 15 is 0 Å². The Kier molecular flexibility index (Phi) is 3.36. The summed E-state index contributed by atoms with van der Waals surface area (Å²) < 4.78 is 1.99. The topological polar surface area (TPSA) is 47.8 Å².